The molecule has 0 bridgehead atoms. The molecule has 4 heteroatoms. The first-order valence-electron chi connectivity index (χ1n) is 8.91. The fraction of sp³-hybridized carbons (Fsp3) is 0.238. The van der Waals surface area contributed by atoms with Crippen LogP contribution in [0.25, 0.3) is 33.1 Å². The molecule has 1 aliphatic heterocycles. The van der Waals surface area contributed by atoms with Crippen LogP contribution < -0.4 is 5.32 Å². The van der Waals surface area contributed by atoms with E-state index in [-0.39, 0.29) is 0 Å². The second-order valence-corrected chi connectivity index (χ2v) is 6.74. The summed E-state index contributed by atoms with van der Waals surface area (Å²) in [6.45, 7) is 2.10. The molecule has 1 N–H and O–H groups in total. The van der Waals surface area contributed by atoms with Crippen molar-refractivity contribution in [2.45, 2.75) is 18.9 Å². The highest BCUT2D eigenvalue weighted by Crippen LogP contribution is 2.30. The first-order chi connectivity index (χ1) is 12.4. The number of pyridine rings is 1. The number of rotatable bonds is 2. The number of piperidine rings is 1. The molecule has 2 aromatic carbocycles. The molecule has 1 saturated heterocycles. The second kappa shape index (κ2) is 5.97. The van der Waals surface area contributed by atoms with Crippen LogP contribution in [0.1, 0.15) is 18.9 Å². The average molecular weight is 328 g/mol. The van der Waals surface area contributed by atoms with Gasteiger partial charge in [-0.25, -0.2) is 9.97 Å². The third-order valence-corrected chi connectivity index (χ3v) is 5.19. The van der Waals surface area contributed by atoms with Crippen molar-refractivity contribution in [3.05, 3.63) is 61.1 Å². The Morgan fingerprint density at radius 2 is 1.92 bits per heavy atom. The Bertz CT molecular complexity index is 1040. The number of benzene rings is 2. The van der Waals surface area contributed by atoms with Crippen molar-refractivity contribution in [1.82, 2.24) is 19.9 Å². The van der Waals surface area contributed by atoms with Gasteiger partial charge in [0.05, 0.1) is 6.33 Å². The normalized spacial score (nSPS) is 18.0. The summed E-state index contributed by atoms with van der Waals surface area (Å²) >= 11 is 0. The topological polar surface area (TPSA) is 42.7 Å². The first-order valence-corrected chi connectivity index (χ1v) is 8.91. The Hall–Kier alpha value is -2.72. The van der Waals surface area contributed by atoms with Gasteiger partial charge in [0.15, 0.2) is 5.65 Å². The zero-order chi connectivity index (χ0) is 16.6. The lowest BCUT2D eigenvalue weighted by Crippen LogP contribution is -2.31. The van der Waals surface area contributed by atoms with Crippen molar-refractivity contribution in [3.63, 3.8) is 0 Å². The van der Waals surface area contributed by atoms with Crippen LogP contribution in [-0.2, 0) is 0 Å². The van der Waals surface area contributed by atoms with Crippen LogP contribution in [0.15, 0.2) is 61.1 Å². The highest BCUT2D eigenvalue weighted by molar-refractivity contribution is 5.94. The molecule has 0 saturated carbocycles. The molecule has 25 heavy (non-hydrogen) atoms. The Morgan fingerprint density at radius 1 is 1.00 bits per heavy atom. The summed E-state index contributed by atoms with van der Waals surface area (Å²) in [6.07, 6.45) is 6.25. The summed E-state index contributed by atoms with van der Waals surface area (Å²) in [6, 6.07) is 17.6. The van der Waals surface area contributed by atoms with E-state index in [2.05, 4.69) is 63.4 Å². The highest BCUT2D eigenvalue weighted by atomic mass is 15.1. The fourth-order valence-electron chi connectivity index (χ4n) is 3.86. The zero-order valence-corrected chi connectivity index (χ0v) is 14.0. The molecular formula is C21H20N4. The number of hydrogen-bond acceptors (Lipinski definition) is 3. The van der Waals surface area contributed by atoms with Crippen molar-refractivity contribution in [3.8, 4) is 11.1 Å². The summed E-state index contributed by atoms with van der Waals surface area (Å²) in [5.74, 6) is 0. The maximum Gasteiger partial charge on any atom is 0.160 e. The minimum atomic E-state index is 0.443. The molecule has 4 nitrogen and oxygen atoms in total. The number of fused-ring (bicyclic) bond motifs is 2. The van der Waals surface area contributed by atoms with E-state index < -0.39 is 0 Å². The zero-order valence-electron chi connectivity index (χ0n) is 14.0. The second-order valence-electron chi connectivity index (χ2n) is 6.74. The van der Waals surface area contributed by atoms with Gasteiger partial charge >= 0.3 is 0 Å². The van der Waals surface area contributed by atoms with E-state index in [1.54, 1.807) is 0 Å². The van der Waals surface area contributed by atoms with Gasteiger partial charge in [0.25, 0.3) is 0 Å². The van der Waals surface area contributed by atoms with Gasteiger partial charge in [0, 0.05) is 24.3 Å². The van der Waals surface area contributed by atoms with Crippen LogP contribution in [0, 0.1) is 0 Å². The fourth-order valence-corrected chi connectivity index (χ4v) is 3.86. The minimum absolute atomic E-state index is 0.443. The molecule has 0 aliphatic carbocycles. The lowest BCUT2D eigenvalue weighted by atomic mass is 10.0. The molecule has 0 amide bonds. The molecule has 124 valence electrons. The number of imidazole rings is 1. The number of hydrogen-bond donors (Lipinski definition) is 1. The van der Waals surface area contributed by atoms with Gasteiger partial charge in [-0.1, -0.05) is 36.4 Å². The highest BCUT2D eigenvalue weighted by Gasteiger charge is 2.19. The molecule has 5 rings (SSSR count). The molecule has 1 atom stereocenters. The van der Waals surface area contributed by atoms with Crippen LogP contribution in [0.3, 0.4) is 0 Å². The summed E-state index contributed by atoms with van der Waals surface area (Å²) in [4.78, 5) is 9.36. The average Bonchev–Trinajstić information content (AvgIpc) is 3.12. The first kappa shape index (κ1) is 14.6. The van der Waals surface area contributed by atoms with Crippen molar-refractivity contribution in [2.75, 3.05) is 13.1 Å². The summed E-state index contributed by atoms with van der Waals surface area (Å²) in [5, 5.41) is 5.99. The number of aromatic nitrogens is 3. The molecule has 2 aromatic heterocycles. The van der Waals surface area contributed by atoms with Gasteiger partial charge in [-0.3, -0.25) is 0 Å². The van der Waals surface area contributed by atoms with Gasteiger partial charge in [-0.2, -0.15) is 0 Å². The molecule has 0 unspecified atom stereocenters. The molecule has 3 heterocycles. The Morgan fingerprint density at radius 3 is 2.80 bits per heavy atom. The van der Waals surface area contributed by atoms with E-state index in [0.29, 0.717) is 6.04 Å². The lowest BCUT2D eigenvalue weighted by molar-refractivity contribution is 0.376. The summed E-state index contributed by atoms with van der Waals surface area (Å²) in [5.41, 5.74) is 4.32. The molecular weight excluding hydrogens is 308 g/mol. The van der Waals surface area contributed by atoms with Gasteiger partial charge < -0.3 is 9.88 Å². The maximum atomic E-state index is 4.72. The molecule has 4 aromatic rings. The molecule has 1 aliphatic rings. The quantitative estimate of drug-likeness (QED) is 0.600. The van der Waals surface area contributed by atoms with Crippen molar-refractivity contribution >= 4 is 21.9 Å². The predicted octanol–water partition coefficient (Wildman–Crippen LogP) is 4.18. The Labute approximate surface area is 146 Å². The largest absolute Gasteiger partial charge is 0.315 e. The minimum Gasteiger partial charge on any atom is -0.315 e. The monoisotopic (exact) mass is 328 g/mol. The van der Waals surface area contributed by atoms with Gasteiger partial charge in [0.2, 0.25) is 0 Å². The van der Waals surface area contributed by atoms with Crippen molar-refractivity contribution in [2.24, 2.45) is 0 Å². The molecule has 1 fully saturated rings. The van der Waals surface area contributed by atoms with Gasteiger partial charge in [-0.05, 0) is 47.9 Å². The third kappa shape index (κ3) is 2.50. The van der Waals surface area contributed by atoms with E-state index in [1.165, 1.54) is 29.2 Å². The standard InChI is InChI=1S/C21H20N4/c1-2-5-16-12-17(8-7-15(16)4-1)19-9-11-23-21-20(19)24-14-25(21)18-6-3-10-22-13-18/h1-2,4-5,7-9,11-12,14,18,22H,3,6,10,13H2/t18-/m1/s1. The SMILES string of the molecule is c1ccc2cc(-c3ccnc4c3ncn4[C@@H]3CCCNC3)ccc2c1. The van der Waals surface area contributed by atoms with Crippen molar-refractivity contribution in [1.29, 1.82) is 0 Å². The van der Waals surface area contributed by atoms with Crippen LogP contribution in [0.5, 0.6) is 0 Å². The van der Waals surface area contributed by atoms with Crippen LogP contribution >= 0.6 is 0 Å². The third-order valence-electron chi connectivity index (χ3n) is 5.19. The van der Waals surface area contributed by atoms with Gasteiger partial charge in [-0.15, -0.1) is 0 Å². The Kier molecular flexibility index (Phi) is 3.49. The van der Waals surface area contributed by atoms with E-state index >= 15 is 0 Å². The van der Waals surface area contributed by atoms with Crippen molar-refractivity contribution < 1.29 is 0 Å². The van der Waals surface area contributed by atoms with E-state index in [0.717, 1.165) is 29.8 Å². The summed E-state index contributed by atoms with van der Waals surface area (Å²) in [7, 11) is 0. The summed E-state index contributed by atoms with van der Waals surface area (Å²) < 4.78 is 2.24. The van der Waals surface area contributed by atoms with E-state index in [4.69, 9.17) is 4.98 Å². The smallest absolute Gasteiger partial charge is 0.160 e. The lowest BCUT2D eigenvalue weighted by Gasteiger charge is -2.24. The van der Waals surface area contributed by atoms with E-state index in [1.807, 2.05) is 12.5 Å². The molecule has 0 spiro atoms. The van der Waals surface area contributed by atoms with Crippen LogP contribution in [0.2, 0.25) is 0 Å². The number of nitrogens with zero attached hydrogens (tertiary/aromatic N) is 3. The van der Waals surface area contributed by atoms with Gasteiger partial charge in [0.1, 0.15) is 5.52 Å². The maximum absolute atomic E-state index is 4.72. The van der Waals surface area contributed by atoms with E-state index in [9.17, 15) is 0 Å². The Balaban J connectivity index is 1.64. The van der Waals surface area contributed by atoms with Crippen LogP contribution in [0.4, 0.5) is 0 Å². The predicted molar refractivity (Wildman–Crippen MR) is 102 cm³/mol. The number of nitrogens with one attached hydrogen (secondary N) is 1. The molecule has 0 radical (unpaired) electrons. The van der Waals surface area contributed by atoms with Crippen LogP contribution in [-0.4, -0.2) is 27.6 Å².